The topological polar surface area (TPSA) is 106 Å². The Morgan fingerprint density at radius 2 is 2.00 bits per heavy atom. The van der Waals surface area contributed by atoms with Crippen molar-refractivity contribution in [3.05, 3.63) is 64.4 Å². The van der Waals surface area contributed by atoms with Gasteiger partial charge in [-0.1, -0.05) is 18.2 Å². The number of hydrazine groups is 2. The summed E-state index contributed by atoms with van der Waals surface area (Å²) in [4.78, 5) is 13.5. The molecule has 2 heterocycles. The van der Waals surface area contributed by atoms with Crippen molar-refractivity contribution in [2.75, 3.05) is 12.1 Å². The molecule has 142 valence electrons. The molecule has 0 radical (unpaired) electrons. The number of nitrogens with two attached hydrogens (primary N) is 2. The zero-order valence-electron chi connectivity index (χ0n) is 15.3. The molecule has 0 aliphatic carbocycles. The van der Waals surface area contributed by atoms with Gasteiger partial charge in [0.05, 0.1) is 11.4 Å². The quantitative estimate of drug-likeness (QED) is 0.261. The number of hydrogen-bond acceptors (Lipinski definition) is 7. The van der Waals surface area contributed by atoms with Crippen LogP contribution in [0, 0.1) is 6.92 Å². The van der Waals surface area contributed by atoms with Gasteiger partial charge in [-0.2, -0.15) is 11.3 Å². The molecule has 0 bridgehead atoms. The number of carbonyl (C=O) groups excluding carboxylic acids is 1. The molecule has 0 aliphatic heterocycles. The van der Waals surface area contributed by atoms with Crippen LogP contribution in [0.15, 0.2) is 53.2 Å². The highest BCUT2D eigenvalue weighted by molar-refractivity contribution is 7.08. The molecule has 2 aromatic heterocycles. The molecule has 0 saturated heterocycles. The van der Waals surface area contributed by atoms with Crippen LogP contribution >= 0.6 is 11.3 Å². The van der Waals surface area contributed by atoms with Crippen LogP contribution in [0.5, 0.6) is 5.88 Å². The largest absolute Gasteiger partial charge is 0.473 e. The minimum atomic E-state index is 0.403. The highest BCUT2D eigenvalue weighted by Gasteiger charge is 2.09. The van der Waals surface area contributed by atoms with E-state index in [-0.39, 0.29) is 0 Å². The van der Waals surface area contributed by atoms with Crippen molar-refractivity contribution in [1.29, 1.82) is 0 Å². The summed E-state index contributed by atoms with van der Waals surface area (Å²) >= 11 is 1.66. The number of hydrogen-bond donors (Lipinski definition) is 3. The van der Waals surface area contributed by atoms with Crippen LogP contribution in [0.25, 0.3) is 11.3 Å². The first-order chi connectivity index (χ1) is 13.1. The number of nitrogens with zero attached hydrogens (tertiary/aromatic N) is 2. The fourth-order valence-corrected chi connectivity index (χ4v) is 3.07. The molecule has 8 heteroatoms. The Morgan fingerprint density at radius 1 is 1.26 bits per heavy atom. The monoisotopic (exact) mass is 385 g/mol. The average Bonchev–Trinajstić information content (AvgIpc) is 3.22. The molecular formula is C19H23N5O2S. The average molecular weight is 385 g/mol. The molecule has 1 aromatic carbocycles. The number of pyridine rings is 1. The van der Waals surface area contributed by atoms with E-state index in [1.807, 2.05) is 42.8 Å². The second-order valence-electron chi connectivity index (χ2n) is 5.63. The molecular weight excluding hydrogens is 362 g/mol. The standard InChI is InChI=1S/C18H19N3OS.CH4N2O/c1-13-5-3-7-17(21(2)19)15(13)11-22-18-8-4-6-16(20-18)14-9-10-23-12-14;2-3-1-4/h3-10,12H,11,19H2,1-2H3;1H,2H2,(H,3,4). The number of carbonyl (C=O) groups is 1. The summed E-state index contributed by atoms with van der Waals surface area (Å²) in [6.07, 6.45) is 0.403. The summed E-state index contributed by atoms with van der Waals surface area (Å²) in [7, 11) is 1.83. The maximum absolute atomic E-state index is 8.94. The van der Waals surface area contributed by atoms with Crippen molar-refractivity contribution in [3.63, 3.8) is 0 Å². The highest BCUT2D eigenvalue weighted by atomic mass is 32.1. The SMILES string of the molecule is Cc1cccc(N(C)N)c1COc1cccc(-c2ccsc2)n1.NNC=O. The molecule has 1 amide bonds. The molecule has 27 heavy (non-hydrogen) atoms. The number of anilines is 1. The minimum Gasteiger partial charge on any atom is -0.473 e. The Labute approximate surface area is 162 Å². The first-order valence-corrected chi connectivity index (χ1v) is 9.10. The van der Waals surface area contributed by atoms with Crippen molar-refractivity contribution in [1.82, 2.24) is 10.4 Å². The zero-order valence-corrected chi connectivity index (χ0v) is 16.1. The van der Waals surface area contributed by atoms with Crippen molar-refractivity contribution in [2.24, 2.45) is 11.7 Å². The molecule has 0 spiro atoms. The number of benzene rings is 1. The van der Waals surface area contributed by atoms with Gasteiger partial charge in [-0.3, -0.25) is 10.2 Å². The molecule has 5 N–H and O–H groups in total. The predicted molar refractivity (Wildman–Crippen MR) is 109 cm³/mol. The maximum Gasteiger partial charge on any atom is 0.221 e. The summed E-state index contributed by atoms with van der Waals surface area (Å²) in [6, 6.07) is 13.9. The van der Waals surface area contributed by atoms with Crippen molar-refractivity contribution < 1.29 is 9.53 Å². The Balaban J connectivity index is 0.000000596. The fraction of sp³-hybridized carbons (Fsp3) is 0.158. The number of aromatic nitrogens is 1. The van der Waals surface area contributed by atoms with Gasteiger partial charge in [0.2, 0.25) is 12.3 Å². The van der Waals surface area contributed by atoms with E-state index in [4.69, 9.17) is 15.4 Å². The lowest BCUT2D eigenvalue weighted by molar-refractivity contribution is -0.109. The van der Waals surface area contributed by atoms with Gasteiger partial charge in [0.15, 0.2) is 0 Å². The highest BCUT2D eigenvalue weighted by Crippen LogP contribution is 2.25. The Kier molecular flexibility index (Phi) is 7.75. The summed E-state index contributed by atoms with van der Waals surface area (Å²) in [5.41, 5.74) is 6.96. The third-order valence-corrected chi connectivity index (χ3v) is 4.42. The number of ether oxygens (including phenoxy) is 1. The van der Waals surface area contributed by atoms with E-state index in [2.05, 4.69) is 35.3 Å². The van der Waals surface area contributed by atoms with Crippen LogP contribution in [-0.2, 0) is 11.4 Å². The number of rotatable bonds is 6. The first-order valence-electron chi connectivity index (χ1n) is 8.16. The van der Waals surface area contributed by atoms with Crippen molar-refractivity contribution >= 4 is 23.4 Å². The number of amides is 1. The van der Waals surface area contributed by atoms with Crippen molar-refractivity contribution in [2.45, 2.75) is 13.5 Å². The smallest absolute Gasteiger partial charge is 0.221 e. The van der Waals surface area contributed by atoms with Crippen LogP contribution in [0.1, 0.15) is 11.1 Å². The second kappa shape index (κ2) is 10.3. The molecule has 0 aliphatic rings. The van der Waals surface area contributed by atoms with Gasteiger partial charge in [-0.05, 0) is 36.1 Å². The number of nitrogens with one attached hydrogen (secondary N) is 1. The number of aryl methyl sites for hydroxylation is 1. The Hall–Kier alpha value is -2.94. The van der Waals surface area contributed by atoms with E-state index >= 15 is 0 Å². The van der Waals surface area contributed by atoms with E-state index in [9.17, 15) is 0 Å². The first kappa shape index (κ1) is 20.4. The maximum atomic E-state index is 8.94. The summed E-state index contributed by atoms with van der Waals surface area (Å²) in [5, 5.41) is 5.73. The zero-order chi connectivity index (χ0) is 19.6. The molecule has 0 atom stereocenters. The van der Waals surface area contributed by atoms with Gasteiger partial charge in [0.1, 0.15) is 6.61 Å². The third kappa shape index (κ3) is 5.78. The fourth-order valence-electron chi connectivity index (χ4n) is 2.42. The lowest BCUT2D eigenvalue weighted by Gasteiger charge is -2.19. The Morgan fingerprint density at radius 3 is 2.63 bits per heavy atom. The van der Waals surface area contributed by atoms with Gasteiger partial charge in [0, 0.05) is 29.6 Å². The number of thiophene rings is 1. The van der Waals surface area contributed by atoms with Gasteiger partial charge in [0.25, 0.3) is 0 Å². The van der Waals surface area contributed by atoms with Gasteiger partial charge >= 0.3 is 0 Å². The van der Waals surface area contributed by atoms with E-state index < -0.39 is 0 Å². The van der Waals surface area contributed by atoms with E-state index in [1.165, 1.54) is 0 Å². The van der Waals surface area contributed by atoms with E-state index in [1.54, 1.807) is 21.8 Å². The van der Waals surface area contributed by atoms with Crippen LogP contribution < -0.4 is 26.9 Å². The van der Waals surface area contributed by atoms with Crippen LogP contribution in [-0.4, -0.2) is 18.4 Å². The summed E-state index contributed by atoms with van der Waals surface area (Å²) in [5.74, 6) is 10.9. The molecule has 7 nitrogen and oxygen atoms in total. The normalized spacial score (nSPS) is 9.78. The van der Waals surface area contributed by atoms with E-state index in [0.717, 1.165) is 28.1 Å². The van der Waals surface area contributed by atoms with Gasteiger partial charge in [-0.25, -0.2) is 16.7 Å². The molecule has 0 unspecified atom stereocenters. The lowest BCUT2D eigenvalue weighted by atomic mass is 10.1. The predicted octanol–water partition coefficient (Wildman–Crippen LogP) is 2.61. The second-order valence-corrected chi connectivity index (χ2v) is 6.41. The minimum absolute atomic E-state index is 0.403. The molecule has 3 aromatic rings. The summed E-state index contributed by atoms with van der Waals surface area (Å²) < 4.78 is 5.91. The molecule has 3 rings (SSSR count). The Bertz CT molecular complexity index is 853. The van der Waals surface area contributed by atoms with E-state index in [0.29, 0.717) is 18.9 Å². The lowest BCUT2D eigenvalue weighted by Crippen LogP contribution is -2.26. The van der Waals surface area contributed by atoms with Crippen LogP contribution in [0.4, 0.5) is 5.69 Å². The van der Waals surface area contributed by atoms with Crippen LogP contribution in [0.3, 0.4) is 0 Å². The van der Waals surface area contributed by atoms with Crippen LogP contribution in [0.2, 0.25) is 0 Å². The third-order valence-electron chi connectivity index (χ3n) is 3.74. The molecule has 0 saturated carbocycles. The molecule has 0 fully saturated rings. The van der Waals surface area contributed by atoms with Gasteiger partial charge in [-0.15, -0.1) is 0 Å². The van der Waals surface area contributed by atoms with Gasteiger partial charge < -0.3 is 9.75 Å². The summed E-state index contributed by atoms with van der Waals surface area (Å²) in [6.45, 7) is 2.49. The van der Waals surface area contributed by atoms with Crippen molar-refractivity contribution in [3.8, 4) is 17.1 Å².